The third kappa shape index (κ3) is 4.34. The summed E-state index contributed by atoms with van der Waals surface area (Å²) < 4.78 is 38.3. The zero-order valence-electron chi connectivity index (χ0n) is 15.6. The Morgan fingerprint density at radius 2 is 1.66 bits per heavy atom. The van der Waals surface area contributed by atoms with Crippen molar-refractivity contribution >= 4 is 33.2 Å². The number of carbonyl (C=O) groups is 1. The van der Waals surface area contributed by atoms with Gasteiger partial charge in [-0.1, -0.05) is 11.6 Å². The molecule has 0 bridgehead atoms. The number of amides is 1. The lowest BCUT2D eigenvalue weighted by molar-refractivity contribution is -0.120. The van der Waals surface area contributed by atoms with Crippen LogP contribution in [0.2, 0.25) is 5.02 Å². The van der Waals surface area contributed by atoms with Crippen LogP contribution in [0.4, 0.5) is 5.69 Å². The summed E-state index contributed by atoms with van der Waals surface area (Å²) in [6.07, 6.45) is 0.923. The van der Waals surface area contributed by atoms with E-state index in [-0.39, 0.29) is 29.8 Å². The van der Waals surface area contributed by atoms with E-state index in [0.29, 0.717) is 48.3 Å². The number of nitrogens with zero attached hydrogens (tertiary/aromatic N) is 1. The summed E-state index contributed by atoms with van der Waals surface area (Å²) >= 11 is 5.86. The first-order valence-corrected chi connectivity index (χ1v) is 11.2. The lowest BCUT2D eigenvalue weighted by atomic mass is 9.97. The van der Waals surface area contributed by atoms with E-state index in [1.807, 2.05) is 0 Å². The van der Waals surface area contributed by atoms with E-state index in [2.05, 4.69) is 5.32 Å². The van der Waals surface area contributed by atoms with Gasteiger partial charge in [-0.05, 0) is 49.2 Å². The highest BCUT2D eigenvalue weighted by molar-refractivity contribution is 7.89. The number of anilines is 1. The average Bonchev–Trinajstić information content (AvgIpc) is 2.75. The van der Waals surface area contributed by atoms with E-state index in [9.17, 15) is 13.2 Å². The Morgan fingerprint density at radius 3 is 2.34 bits per heavy atom. The van der Waals surface area contributed by atoms with Gasteiger partial charge < -0.3 is 14.8 Å². The van der Waals surface area contributed by atoms with E-state index < -0.39 is 10.0 Å². The molecule has 1 fully saturated rings. The molecule has 0 atom stereocenters. The monoisotopic (exact) mass is 436 g/mol. The fourth-order valence-corrected chi connectivity index (χ4v) is 5.08. The largest absolute Gasteiger partial charge is 0.486 e. The molecule has 7 nitrogen and oxygen atoms in total. The Kier molecular flexibility index (Phi) is 5.67. The average molecular weight is 437 g/mol. The smallest absolute Gasteiger partial charge is 0.243 e. The standard InChI is InChI=1S/C20H21ClN2O5S/c21-15-1-3-16(4-2-15)22-20(24)14-7-9-23(10-8-14)29(25,26)17-5-6-18-19(13-17)28-12-11-27-18/h1-6,13-14H,7-12H2,(H,22,24). The van der Waals surface area contributed by atoms with Gasteiger partial charge in [-0.2, -0.15) is 4.31 Å². The first kappa shape index (κ1) is 20.0. The molecule has 2 aromatic carbocycles. The molecule has 1 amide bonds. The van der Waals surface area contributed by atoms with Gasteiger partial charge in [-0.25, -0.2) is 8.42 Å². The first-order valence-electron chi connectivity index (χ1n) is 9.40. The summed E-state index contributed by atoms with van der Waals surface area (Å²) in [7, 11) is -3.66. The van der Waals surface area contributed by atoms with Crippen LogP contribution in [0.15, 0.2) is 47.4 Å². The second kappa shape index (κ2) is 8.22. The van der Waals surface area contributed by atoms with Crippen LogP contribution in [0, 0.1) is 5.92 Å². The van der Waals surface area contributed by atoms with Crippen LogP contribution in [0.25, 0.3) is 0 Å². The molecule has 0 radical (unpaired) electrons. The van der Waals surface area contributed by atoms with Crippen molar-refractivity contribution in [3.05, 3.63) is 47.5 Å². The van der Waals surface area contributed by atoms with Crippen molar-refractivity contribution in [2.24, 2.45) is 5.92 Å². The number of rotatable bonds is 4. The maximum atomic E-state index is 13.0. The molecule has 1 N–H and O–H groups in total. The van der Waals surface area contributed by atoms with E-state index in [1.165, 1.54) is 16.4 Å². The lowest BCUT2D eigenvalue weighted by Crippen LogP contribution is -2.41. The number of nitrogens with one attached hydrogen (secondary N) is 1. The van der Waals surface area contributed by atoms with Crippen molar-refractivity contribution in [1.29, 1.82) is 0 Å². The van der Waals surface area contributed by atoms with Crippen molar-refractivity contribution in [3.8, 4) is 11.5 Å². The molecule has 0 aromatic heterocycles. The zero-order valence-corrected chi connectivity index (χ0v) is 17.2. The molecular formula is C20H21ClN2O5S. The molecule has 2 aromatic rings. The molecular weight excluding hydrogens is 416 g/mol. The molecule has 0 spiro atoms. The highest BCUT2D eigenvalue weighted by atomic mass is 35.5. The summed E-state index contributed by atoms with van der Waals surface area (Å²) in [5, 5.41) is 3.46. The third-order valence-electron chi connectivity index (χ3n) is 5.09. The molecule has 1 saturated heterocycles. The lowest BCUT2D eigenvalue weighted by Gasteiger charge is -2.30. The van der Waals surface area contributed by atoms with Crippen LogP contribution < -0.4 is 14.8 Å². The third-order valence-corrected chi connectivity index (χ3v) is 7.23. The number of carbonyl (C=O) groups excluding carboxylic acids is 1. The van der Waals surface area contributed by atoms with E-state index >= 15 is 0 Å². The van der Waals surface area contributed by atoms with Crippen LogP contribution in [-0.4, -0.2) is 44.9 Å². The van der Waals surface area contributed by atoms with Gasteiger partial charge in [0.1, 0.15) is 13.2 Å². The van der Waals surface area contributed by atoms with Crippen LogP contribution >= 0.6 is 11.6 Å². The molecule has 4 rings (SSSR count). The molecule has 0 aliphatic carbocycles. The van der Waals surface area contributed by atoms with Crippen LogP contribution in [-0.2, 0) is 14.8 Å². The van der Waals surface area contributed by atoms with Crippen LogP contribution in [0.5, 0.6) is 11.5 Å². The number of benzene rings is 2. The van der Waals surface area contributed by atoms with Crippen molar-refractivity contribution in [1.82, 2.24) is 4.31 Å². The van der Waals surface area contributed by atoms with Gasteiger partial charge in [0, 0.05) is 35.8 Å². The van der Waals surface area contributed by atoms with Gasteiger partial charge >= 0.3 is 0 Å². The molecule has 154 valence electrons. The summed E-state index contributed by atoms with van der Waals surface area (Å²) in [6.45, 7) is 1.42. The van der Waals surface area contributed by atoms with Gasteiger partial charge in [0.2, 0.25) is 15.9 Å². The summed E-state index contributed by atoms with van der Waals surface area (Å²) in [4.78, 5) is 12.7. The number of piperidine rings is 1. The van der Waals surface area contributed by atoms with Crippen LogP contribution in [0.3, 0.4) is 0 Å². The minimum Gasteiger partial charge on any atom is -0.486 e. The number of hydrogen-bond acceptors (Lipinski definition) is 5. The van der Waals surface area contributed by atoms with E-state index in [0.717, 1.165) is 0 Å². The fraction of sp³-hybridized carbons (Fsp3) is 0.350. The number of ether oxygens (including phenoxy) is 2. The second-order valence-corrected chi connectivity index (χ2v) is 9.35. The molecule has 2 aliphatic heterocycles. The van der Waals surface area contributed by atoms with Gasteiger partial charge in [0.25, 0.3) is 0 Å². The number of fused-ring (bicyclic) bond motifs is 1. The molecule has 0 saturated carbocycles. The Labute approximate surface area is 174 Å². The van der Waals surface area contributed by atoms with Crippen molar-refractivity contribution in [2.45, 2.75) is 17.7 Å². The van der Waals surface area contributed by atoms with E-state index in [4.69, 9.17) is 21.1 Å². The first-order chi connectivity index (χ1) is 13.9. The second-order valence-electron chi connectivity index (χ2n) is 6.98. The molecule has 2 heterocycles. The Bertz CT molecular complexity index is 1000. The Morgan fingerprint density at radius 1 is 1.00 bits per heavy atom. The number of halogens is 1. The van der Waals surface area contributed by atoms with Gasteiger partial charge in [0.15, 0.2) is 11.5 Å². The summed E-state index contributed by atoms with van der Waals surface area (Å²) in [6, 6.07) is 11.5. The molecule has 2 aliphatic rings. The summed E-state index contributed by atoms with van der Waals surface area (Å²) in [5.74, 6) is 0.642. The Balaban J connectivity index is 1.39. The minimum atomic E-state index is -3.66. The Hall–Kier alpha value is -2.29. The zero-order chi connectivity index (χ0) is 20.4. The van der Waals surface area contributed by atoms with E-state index in [1.54, 1.807) is 30.3 Å². The molecule has 29 heavy (non-hydrogen) atoms. The molecule has 0 unspecified atom stereocenters. The van der Waals surface area contributed by atoms with Gasteiger partial charge in [-0.15, -0.1) is 0 Å². The predicted molar refractivity (Wildman–Crippen MR) is 109 cm³/mol. The minimum absolute atomic E-state index is 0.108. The molecule has 9 heteroatoms. The highest BCUT2D eigenvalue weighted by Crippen LogP contribution is 2.34. The van der Waals surface area contributed by atoms with Gasteiger partial charge in [-0.3, -0.25) is 4.79 Å². The highest BCUT2D eigenvalue weighted by Gasteiger charge is 2.32. The fourth-order valence-electron chi connectivity index (χ4n) is 3.47. The van der Waals surface area contributed by atoms with Crippen molar-refractivity contribution in [3.63, 3.8) is 0 Å². The predicted octanol–water partition coefficient (Wildman–Crippen LogP) is 3.15. The van der Waals surface area contributed by atoms with Crippen molar-refractivity contribution < 1.29 is 22.7 Å². The number of sulfonamides is 1. The maximum Gasteiger partial charge on any atom is 0.243 e. The normalized spacial score (nSPS) is 17.7. The SMILES string of the molecule is O=C(Nc1ccc(Cl)cc1)C1CCN(S(=O)(=O)c2ccc3c(c2)OCCO3)CC1. The van der Waals surface area contributed by atoms with Gasteiger partial charge in [0.05, 0.1) is 4.90 Å². The van der Waals surface area contributed by atoms with Crippen molar-refractivity contribution in [2.75, 3.05) is 31.6 Å². The van der Waals surface area contributed by atoms with Crippen LogP contribution in [0.1, 0.15) is 12.8 Å². The summed E-state index contributed by atoms with van der Waals surface area (Å²) in [5.41, 5.74) is 0.672. The maximum absolute atomic E-state index is 13.0. The quantitative estimate of drug-likeness (QED) is 0.795. The topological polar surface area (TPSA) is 84.9 Å². The number of hydrogen-bond donors (Lipinski definition) is 1.